The van der Waals surface area contributed by atoms with Crippen LogP contribution in [0.3, 0.4) is 0 Å². The topological polar surface area (TPSA) is 283 Å². The van der Waals surface area contributed by atoms with Crippen molar-refractivity contribution >= 4 is 55.0 Å². The van der Waals surface area contributed by atoms with Gasteiger partial charge in [0.1, 0.15) is 32.0 Å². The van der Waals surface area contributed by atoms with Gasteiger partial charge in [0.15, 0.2) is 0 Å². The van der Waals surface area contributed by atoms with Crippen LogP contribution in [0, 0.1) is 20.2 Å². The molecule has 4 N–H and O–H groups in total. The molecule has 0 aromatic heterocycles. The number of carbonyl (C=O) groups excluding carboxylic acids is 2. The molecule has 0 saturated heterocycles. The normalized spacial score (nSPS) is 11.3. The van der Waals surface area contributed by atoms with E-state index in [0.29, 0.717) is 0 Å². The van der Waals surface area contributed by atoms with E-state index >= 15 is 0 Å². The number of non-ortho nitro benzene ring substituents is 2. The number of nitrogens with one attached hydrogen (secondary N) is 4. The molecule has 0 atom stereocenters. The van der Waals surface area contributed by atoms with Gasteiger partial charge in [-0.1, -0.05) is 107 Å². The highest BCUT2D eigenvalue weighted by molar-refractivity contribution is 7.85. The fraction of sp³-hybridized carbons (Fsp3) is 0.708. The zero-order valence-electron chi connectivity index (χ0n) is 43.5. The second-order valence-electron chi connectivity index (χ2n) is 17.6. The molecule has 0 fully saturated rings. The van der Waals surface area contributed by atoms with E-state index in [4.69, 9.17) is 0 Å². The van der Waals surface area contributed by atoms with E-state index in [1.807, 2.05) is 10.6 Å². The van der Waals surface area contributed by atoms with Crippen LogP contribution in [-0.2, 0) is 20.2 Å². The number of carbonyl (C=O) groups is 2. The third-order valence-electron chi connectivity index (χ3n) is 11.4. The van der Waals surface area contributed by atoms with Crippen molar-refractivity contribution in [2.24, 2.45) is 0 Å². The Labute approximate surface area is 420 Å². The molecular formula is C48H88N8O12S2. The lowest BCUT2D eigenvalue weighted by molar-refractivity contribution is -0.929. The number of nitro groups is 2. The number of benzene rings is 2. The van der Waals surface area contributed by atoms with Gasteiger partial charge >= 0.3 is 12.1 Å². The lowest BCUT2D eigenvalue weighted by Crippen LogP contribution is -2.50. The summed E-state index contributed by atoms with van der Waals surface area (Å²) in [6.07, 6.45) is 22.1. The predicted molar refractivity (Wildman–Crippen MR) is 278 cm³/mol. The summed E-state index contributed by atoms with van der Waals surface area (Å²) in [5.41, 5.74) is 0.147. The maximum atomic E-state index is 11.1. The van der Waals surface area contributed by atoms with Crippen molar-refractivity contribution in [1.29, 1.82) is 0 Å². The van der Waals surface area contributed by atoms with Crippen molar-refractivity contribution in [3.63, 3.8) is 0 Å². The highest BCUT2D eigenvalue weighted by Gasteiger charge is 2.26. The first-order valence-corrected chi connectivity index (χ1v) is 28.4. The Morgan fingerprint density at radius 1 is 0.429 bits per heavy atom. The number of unbranched alkanes of at least 4 members (excludes halogenated alkanes) is 8. The summed E-state index contributed by atoms with van der Waals surface area (Å²) in [5.74, 6) is -2.07. The SMILES string of the molecule is CCCC[N+](CCCC)(CCCC)CCCC.CCCC[N+](CCCC)(CCCC)CCCC.O=C(NCS(=O)(=O)[O-])Nc1ccc([N+](=O)[O-])cc1.O=C(NCS(=O)(=O)[O-])Nc1ccc([N+](=O)[O-])cc1. The second kappa shape index (κ2) is 39.2. The molecule has 70 heavy (non-hydrogen) atoms. The first-order valence-electron chi connectivity index (χ1n) is 25.2. The summed E-state index contributed by atoms with van der Waals surface area (Å²) < 4.78 is 64.2. The van der Waals surface area contributed by atoms with Crippen molar-refractivity contribution in [3.8, 4) is 0 Å². The molecule has 0 aliphatic carbocycles. The van der Waals surface area contributed by atoms with Crippen LogP contribution in [0.2, 0.25) is 0 Å². The van der Waals surface area contributed by atoms with Crippen molar-refractivity contribution in [3.05, 3.63) is 68.8 Å². The largest absolute Gasteiger partial charge is 0.747 e. The van der Waals surface area contributed by atoms with Gasteiger partial charge < -0.3 is 39.3 Å². The molecule has 0 aliphatic rings. The van der Waals surface area contributed by atoms with E-state index in [0.717, 1.165) is 0 Å². The van der Waals surface area contributed by atoms with Gasteiger partial charge in [0.05, 0.1) is 62.2 Å². The smallest absolute Gasteiger partial charge is 0.320 e. The van der Waals surface area contributed by atoms with Crippen LogP contribution in [0.25, 0.3) is 0 Å². The number of anilines is 2. The quantitative estimate of drug-likeness (QED) is 0.0230. The Hall–Kier alpha value is -4.48. The van der Waals surface area contributed by atoms with Crippen molar-refractivity contribution < 1.29 is 54.3 Å². The van der Waals surface area contributed by atoms with Crippen molar-refractivity contribution in [2.75, 3.05) is 74.7 Å². The molecular weight excluding hydrogens is 945 g/mol. The average molecular weight is 1030 g/mol. The fourth-order valence-corrected chi connectivity index (χ4v) is 7.90. The van der Waals surface area contributed by atoms with E-state index < -0.39 is 53.9 Å². The summed E-state index contributed by atoms with van der Waals surface area (Å²) in [4.78, 5) is 41.7. The molecule has 0 radical (unpaired) electrons. The van der Waals surface area contributed by atoms with Crippen LogP contribution in [0.1, 0.15) is 158 Å². The number of urea groups is 2. The first kappa shape index (κ1) is 67.6. The Bertz CT molecular complexity index is 1730. The van der Waals surface area contributed by atoms with Crippen LogP contribution in [0.4, 0.5) is 32.3 Å². The maximum Gasteiger partial charge on any atom is 0.320 e. The standard InChI is InChI=1S/2C16H36N.2C8H9N3O6S/c2*1-5-9-13-17(14-10-6-2,15-11-7-3)16-12-8-4;2*12-8(9-5-18(15,16)17)10-6-1-3-7(4-2-6)11(13)14/h2*5-16H2,1-4H3;2*1-4H,5H2,(H2,9,10,12)(H,15,16,17)/q2*+1;;/p-2. The number of nitrogens with zero attached hydrogens (tertiary/aromatic N) is 4. The summed E-state index contributed by atoms with van der Waals surface area (Å²) >= 11 is 0. The highest BCUT2D eigenvalue weighted by atomic mass is 32.2. The summed E-state index contributed by atoms with van der Waals surface area (Å²) in [6.45, 7) is 30.0. The van der Waals surface area contributed by atoms with Crippen LogP contribution >= 0.6 is 0 Å². The molecule has 2 aromatic rings. The van der Waals surface area contributed by atoms with Gasteiger partial charge in [0.2, 0.25) is 0 Å². The summed E-state index contributed by atoms with van der Waals surface area (Å²) in [7, 11) is -9.08. The summed E-state index contributed by atoms with van der Waals surface area (Å²) in [5, 5.41) is 28.8. The van der Waals surface area contributed by atoms with Crippen molar-refractivity contribution in [1.82, 2.24) is 10.6 Å². The second-order valence-corrected chi connectivity index (χ2v) is 20.4. The van der Waals surface area contributed by atoms with E-state index in [-0.39, 0.29) is 22.7 Å². The van der Waals surface area contributed by atoms with E-state index in [2.05, 4.69) is 66.0 Å². The van der Waals surface area contributed by atoms with Gasteiger partial charge in [-0.3, -0.25) is 20.2 Å². The average Bonchev–Trinajstić information content (AvgIpc) is 3.32. The minimum Gasteiger partial charge on any atom is -0.747 e. The molecule has 0 unspecified atom stereocenters. The van der Waals surface area contributed by atoms with E-state index in [1.165, 1.54) is 213 Å². The number of hydrogen-bond acceptors (Lipinski definition) is 12. The Morgan fingerprint density at radius 2 is 0.629 bits per heavy atom. The molecule has 22 heteroatoms. The monoisotopic (exact) mass is 1030 g/mol. The number of amides is 4. The molecule has 0 saturated carbocycles. The van der Waals surface area contributed by atoms with Gasteiger partial charge in [-0.25, -0.2) is 26.4 Å². The molecule has 0 bridgehead atoms. The molecule has 0 spiro atoms. The molecule has 0 heterocycles. The van der Waals surface area contributed by atoms with E-state index in [9.17, 15) is 55.8 Å². The minimum absolute atomic E-state index is 0.150. The van der Waals surface area contributed by atoms with Crippen LogP contribution in [0.15, 0.2) is 48.5 Å². The zero-order valence-corrected chi connectivity index (χ0v) is 45.1. The van der Waals surface area contributed by atoms with Crippen molar-refractivity contribution in [2.45, 2.75) is 158 Å². The maximum absolute atomic E-state index is 11.1. The number of hydrogen-bond donors (Lipinski definition) is 4. The first-order chi connectivity index (χ1) is 33.0. The van der Waals surface area contributed by atoms with Crippen LogP contribution < -0.4 is 21.3 Å². The van der Waals surface area contributed by atoms with Gasteiger partial charge in [-0.2, -0.15) is 0 Å². The predicted octanol–water partition coefficient (Wildman–Crippen LogP) is 10.4. The fourth-order valence-electron chi connectivity index (χ4n) is 7.28. The van der Waals surface area contributed by atoms with Crippen LogP contribution in [-0.4, -0.2) is 121 Å². The third kappa shape index (κ3) is 35.6. The molecule has 4 amide bonds. The third-order valence-corrected chi connectivity index (χ3v) is 12.4. The molecule has 2 rings (SSSR count). The van der Waals surface area contributed by atoms with Gasteiger partial charge in [-0.15, -0.1) is 0 Å². The number of rotatable bonds is 32. The molecule has 0 aliphatic heterocycles. The number of nitro benzene ring substituents is 2. The van der Waals surface area contributed by atoms with Gasteiger partial charge in [0, 0.05) is 35.6 Å². The Morgan fingerprint density at radius 3 is 0.786 bits per heavy atom. The zero-order chi connectivity index (χ0) is 53.5. The highest BCUT2D eigenvalue weighted by Crippen LogP contribution is 2.19. The Balaban J connectivity index is 0. The van der Waals surface area contributed by atoms with Gasteiger partial charge in [-0.05, 0) is 75.6 Å². The molecule has 2 aromatic carbocycles. The Kier molecular flexibility index (Phi) is 37.8. The van der Waals surface area contributed by atoms with E-state index in [1.54, 1.807) is 0 Å². The van der Waals surface area contributed by atoms with Gasteiger partial charge in [0.25, 0.3) is 11.4 Å². The van der Waals surface area contributed by atoms with Crippen LogP contribution in [0.5, 0.6) is 0 Å². The number of quaternary nitrogens is 2. The summed E-state index contributed by atoms with van der Waals surface area (Å²) in [6, 6.07) is 7.94. The molecule has 20 nitrogen and oxygen atoms in total. The lowest BCUT2D eigenvalue weighted by Gasteiger charge is -2.39. The molecule has 404 valence electrons. The minimum atomic E-state index is -4.54. The lowest BCUT2D eigenvalue weighted by atomic mass is 10.1.